The lowest BCUT2D eigenvalue weighted by molar-refractivity contribution is -0.140. The Labute approximate surface area is 246 Å². The van der Waals surface area contributed by atoms with E-state index in [-0.39, 0.29) is 12.2 Å². The number of ether oxygens (including phenoxy) is 3. The monoisotopic (exact) mass is 588 g/mol. The Morgan fingerprint density at radius 1 is 1.07 bits per heavy atom. The van der Waals surface area contributed by atoms with Crippen molar-refractivity contribution in [2.75, 3.05) is 13.7 Å². The molecule has 5 rings (SSSR count). The molecule has 7 nitrogen and oxygen atoms in total. The molecule has 3 heterocycles. The van der Waals surface area contributed by atoms with Crippen molar-refractivity contribution in [3.05, 3.63) is 113 Å². The molecule has 0 fully saturated rings. The Bertz CT molecular complexity index is 1720. The van der Waals surface area contributed by atoms with E-state index in [1.54, 1.807) is 29.9 Å². The molecule has 1 aliphatic heterocycles. The molecule has 2 aromatic heterocycles. The number of thiazole rings is 1. The van der Waals surface area contributed by atoms with E-state index in [4.69, 9.17) is 19.2 Å². The summed E-state index contributed by atoms with van der Waals surface area (Å²) in [7, 11) is 1.58. The summed E-state index contributed by atoms with van der Waals surface area (Å²) in [5.41, 5.74) is 2.18. The zero-order valence-corrected chi connectivity index (χ0v) is 24.9. The van der Waals surface area contributed by atoms with E-state index in [2.05, 4.69) is 6.92 Å². The van der Waals surface area contributed by atoms with E-state index in [0.29, 0.717) is 44.3 Å². The van der Waals surface area contributed by atoms with Crippen LogP contribution < -0.4 is 24.4 Å². The van der Waals surface area contributed by atoms with Crippen LogP contribution >= 0.6 is 22.7 Å². The number of thiophene rings is 1. The van der Waals surface area contributed by atoms with Crippen LogP contribution in [-0.2, 0) is 16.1 Å². The highest BCUT2D eigenvalue weighted by molar-refractivity contribution is 7.11. The summed E-state index contributed by atoms with van der Waals surface area (Å²) in [6.07, 6.45) is 5.00. The molecule has 0 bridgehead atoms. The fraction of sp³-hybridized carbons (Fsp3) is 0.281. The van der Waals surface area contributed by atoms with Crippen LogP contribution in [0.2, 0.25) is 0 Å². The average Bonchev–Trinajstić information content (AvgIpc) is 3.61. The van der Waals surface area contributed by atoms with Crippen molar-refractivity contribution in [1.82, 2.24) is 4.57 Å². The smallest absolute Gasteiger partial charge is 0.338 e. The molecule has 9 heteroatoms. The number of carbonyl (C=O) groups is 1. The number of esters is 1. The summed E-state index contributed by atoms with van der Waals surface area (Å²) in [5.74, 6) is 0.629. The SMILES string of the molecule is CCCCCOc1ccc(C2C(C(=O)OCc3ccccc3)=C(C)N=c3s/c(=C\c4cccs4)c(=O)n32)cc1OC. The van der Waals surface area contributed by atoms with E-state index >= 15 is 0 Å². The van der Waals surface area contributed by atoms with Crippen LogP contribution in [0.5, 0.6) is 11.5 Å². The molecule has 0 saturated heterocycles. The Morgan fingerprint density at radius 2 is 1.90 bits per heavy atom. The first-order chi connectivity index (χ1) is 20.0. The van der Waals surface area contributed by atoms with Gasteiger partial charge in [0.25, 0.3) is 5.56 Å². The van der Waals surface area contributed by atoms with Gasteiger partial charge in [-0.2, -0.15) is 0 Å². The lowest BCUT2D eigenvalue weighted by Gasteiger charge is -2.25. The average molecular weight is 589 g/mol. The van der Waals surface area contributed by atoms with Crippen molar-refractivity contribution >= 4 is 34.7 Å². The number of hydrogen-bond donors (Lipinski definition) is 0. The summed E-state index contributed by atoms with van der Waals surface area (Å²) in [5, 5.41) is 1.97. The van der Waals surface area contributed by atoms with Crippen molar-refractivity contribution in [3.63, 3.8) is 0 Å². The number of methoxy groups -OCH3 is 1. The van der Waals surface area contributed by atoms with Gasteiger partial charge in [0.2, 0.25) is 0 Å². The van der Waals surface area contributed by atoms with Crippen molar-refractivity contribution in [2.45, 2.75) is 45.8 Å². The predicted octanol–water partition coefficient (Wildman–Crippen LogP) is 5.62. The number of rotatable bonds is 11. The predicted molar refractivity (Wildman–Crippen MR) is 162 cm³/mol. The fourth-order valence-electron chi connectivity index (χ4n) is 4.71. The highest BCUT2D eigenvalue weighted by Gasteiger charge is 2.34. The molecule has 41 heavy (non-hydrogen) atoms. The molecule has 0 aliphatic carbocycles. The zero-order chi connectivity index (χ0) is 28.8. The van der Waals surface area contributed by atoms with Gasteiger partial charge in [0.15, 0.2) is 16.3 Å². The molecule has 2 aromatic carbocycles. The number of hydrogen-bond acceptors (Lipinski definition) is 8. The second-order valence-electron chi connectivity index (χ2n) is 9.62. The third kappa shape index (κ3) is 6.36. The number of nitrogens with zero attached hydrogens (tertiary/aromatic N) is 2. The number of carbonyl (C=O) groups excluding carboxylic acids is 1. The van der Waals surface area contributed by atoms with Gasteiger partial charge in [0, 0.05) is 4.88 Å². The molecule has 0 saturated carbocycles. The van der Waals surface area contributed by atoms with Gasteiger partial charge in [-0.3, -0.25) is 9.36 Å². The Hall–Kier alpha value is -3.95. The zero-order valence-electron chi connectivity index (χ0n) is 23.3. The van der Waals surface area contributed by atoms with E-state index < -0.39 is 12.0 Å². The first-order valence-electron chi connectivity index (χ1n) is 13.6. The second-order valence-corrected chi connectivity index (χ2v) is 11.6. The van der Waals surface area contributed by atoms with Crippen LogP contribution in [0.25, 0.3) is 6.08 Å². The summed E-state index contributed by atoms with van der Waals surface area (Å²) < 4.78 is 19.6. The molecule has 1 unspecified atom stereocenters. The van der Waals surface area contributed by atoms with Gasteiger partial charge in [-0.05, 0) is 54.1 Å². The van der Waals surface area contributed by atoms with Gasteiger partial charge in [0.05, 0.1) is 35.6 Å². The maximum Gasteiger partial charge on any atom is 0.338 e. The maximum atomic E-state index is 13.9. The summed E-state index contributed by atoms with van der Waals surface area (Å²) >= 11 is 2.86. The van der Waals surface area contributed by atoms with Gasteiger partial charge in [-0.25, -0.2) is 9.79 Å². The van der Waals surface area contributed by atoms with Crippen LogP contribution in [0.3, 0.4) is 0 Å². The van der Waals surface area contributed by atoms with Crippen molar-refractivity contribution in [2.24, 2.45) is 4.99 Å². The second kappa shape index (κ2) is 13.1. The highest BCUT2D eigenvalue weighted by Crippen LogP contribution is 2.36. The first kappa shape index (κ1) is 28.6. The number of allylic oxidation sites excluding steroid dienone is 1. The molecule has 4 aromatic rings. The largest absolute Gasteiger partial charge is 0.493 e. The van der Waals surface area contributed by atoms with E-state index in [0.717, 1.165) is 29.7 Å². The van der Waals surface area contributed by atoms with Crippen molar-refractivity contribution in [1.29, 1.82) is 0 Å². The van der Waals surface area contributed by atoms with E-state index in [9.17, 15) is 9.59 Å². The standard InChI is InChI=1S/C32H32N2O5S2/c1-4-5-9-16-38-25-15-14-23(18-26(25)37-3)29-28(31(36)39-20-22-11-7-6-8-12-22)21(2)33-32-34(29)30(35)27(41-32)19-24-13-10-17-40-24/h6-8,10-15,17-19,29H,4-5,9,16,20H2,1-3H3/b27-19-. The van der Waals surface area contributed by atoms with Gasteiger partial charge >= 0.3 is 5.97 Å². The quantitative estimate of drug-likeness (QED) is 0.168. The van der Waals surface area contributed by atoms with Crippen LogP contribution in [0.1, 0.15) is 55.2 Å². The van der Waals surface area contributed by atoms with Crippen LogP contribution in [0, 0.1) is 0 Å². The topological polar surface area (TPSA) is 79.1 Å². The van der Waals surface area contributed by atoms with Crippen LogP contribution in [0.4, 0.5) is 0 Å². The van der Waals surface area contributed by atoms with E-state index in [1.165, 1.54) is 11.3 Å². The lowest BCUT2D eigenvalue weighted by Crippen LogP contribution is -2.39. The van der Waals surface area contributed by atoms with E-state index in [1.807, 2.05) is 72.1 Å². The minimum Gasteiger partial charge on any atom is -0.493 e. The summed E-state index contributed by atoms with van der Waals surface area (Å²) in [6.45, 7) is 4.62. The number of benzene rings is 2. The minimum atomic E-state index is -0.747. The Balaban J connectivity index is 1.58. The summed E-state index contributed by atoms with van der Waals surface area (Å²) in [4.78, 5) is 33.7. The minimum absolute atomic E-state index is 0.111. The van der Waals surface area contributed by atoms with Crippen molar-refractivity contribution < 1.29 is 19.0 Å². The first-order valence-corrected chi connectivity index (χ1v) is 15.3. The van der Waals surface area contributed by atoms with Gasteiger partial charge in [-0.15, -0.1) is 11.3 Å². The van der Waals surface area contributed by atoms with Gasteiger partial charge in [-0.1, -0.05) is 73.6 Å². The van der Waals surface area contributed by atoms with Gasteiger partial charge in [0.1, 0.15) is 6.61 Å². The number of aromatic nitrogens is 1. The van der Waals surface area contributed by atoms with Gasteiger partial charge < -0.3 is 14.2 Å². The third-order valence-electron chi connectivity index (χ3n) is 6.78. The van der Waals surface area contributed by atoms with Crippen LogP contribution in [-0.4, -0.2) is 24.3 Å². The molecule has 1 atom stereocenters. The Morgan fingerprint density at radius 3 is 2.63 bits per heavy atom. The van der Waals surface area contributed by atoms with Crippen molar-refractivity contribution in [3.8, 4) is 11.5 Å². The fourth-order valence-corrected chi connectivity index (χ4v) is 6.48. The molecule has 212 valence electrons. The third-order valence-corrected chi connectivity index (χ3v) is 8.58. The molecule has 0 N–H and O–H groups in total. The lowest BCUT2D eigenvalue weighted by atomic mass is 9.95. The highest BCUT2D eigenvalue weighted by atomic mass is 32.1. The Kier molecular flexibility index (Phi) is 9.16. The molecular weight excluding hydrogens is 556 g/mol. The molecule has 1 aliphatic rings. The normalized spacial score (nSPS) is 14.9. The molecule has 0 amide bonds. The molecule has 0 spiro atoms. The van der Waals surface area contributed by atoms with Crippen LogP contribution in [0.15, 0.2) is 87.1 Å². The number of fused-ring (bicyclic) bond motifs is 1. The number of unbranched alkanes of at least 4 members (excludes halogenated alkanes) is 2. The maximum absolute atomic E-state index is 13.9. The molecule has 0 radical (unpaired) electrons. The summed E-state index contributed by atoms with van der Waals surface area (Å²) in [6, 6.07) is 18.2. The molecular formula is C32H32N2O5S2.